The minimum atomic E-state index is -0.230. The Bertz CT molecular complexity index is 798. The summed E-state index contributed by atoms with van der Waals surface area (Å²) < 4.78 is 1.12. The van der Waals surface area contributed by atoms with Crippen LogP contribution in [0, 0.1) is 6.92 Å². The van der Waals surface area contributed by atoms with Crippen LogP contribution in [0.15, 0.2) is 36.4 Å². The van der Waals surface area contributed by atoms with E-state index in [0.717, 1.165) is 20.8 Å². The lowest BCUT2D eigenvalue weighted by Gasteiger charge is -2.09. The molecule has 4 nitrogen and oxygen atoms in total. The number of benzene rings is 2. The summed E-state index contributed by atoms with van der Waals surface area (Å²) in [5.74, 6) is -0.248. The standard InChI is InChI=1S/C16H16N2O2S/c1-9-2-5-15-12(6-9)18-16(21-15)11(17)7-10-3-4-13(19)14(20)8-10/h2-6,8,11,19-20H,7,17H2,1H3. The third kappa shape index (κ3) is 2.84. The number of nitrogens with two attached hydrogens (primary N) is 1. The maximum atomic E-state index is 9.52. The van der Waals surface area contributed by atoms with Crippen molar-refractivity contribution in [1.29, 1.82) is 0 Å². The van der Waals surface area contributed by atoms with Gasteiger partial charge in [0.05, 0.1) is 16.3 Å². The summed E-state index contributed by atoms with van der Waals surface area (Å²) in [7, 11) is 0. The predicted octanol–water partition coefficient (Wildman–Crippen LogP) is 3.26. The van der Waals surface area contributed by atoms with E-state index < -0.39 is 0 Å². The van der Waals surface area contributed by atoms with Crippen LogP contribution >= 0.6 is 11.3 Å². The lowest BCUT2D eigenvalue weighted by Crippen LogP contribution is -2.12. The van der Waals surface area contributed by atoms with Gasteiger partial charge in [-0.1, -0.05) is 12.1 Å². The van der Waals surface area contributed by atoms with E-state index in [1.807, 2.05) is 6.92 Å². The molecule has 3 rings (SSSR count). The summed E-state index contributed by atoms with van der Waals surface area (Å²) in [5.41, 5.74) is 9.24. The van der Waals surface area contributed by atoms with Crippen molar-refractivity contribution >= 4 is 21.6 Å². The summed E-state index contributed by atoms with van der Waals surface area (Å²) >= 11 is 1.59. The Morgan fingerprint density at radius 2 is 1.95 bits per heavy atom. The molecule has 1 aromatic heterocycles. The topological polar surface area (TPSA) is 79.4 Å². The molecule has 3 aromatic rings. The number of phenolic OH excluding ortho intramolecular Hbond substituents is 2. The average Bonchev–Trinajstić information content (AvgIpc) is 2.86. The van der Waals surface area contributed by atoms with Gasteiger partial charge in [-0.05, 0) is 48.7 Å². The van der Waals surface area contributed by atoms with E-state index >= 15 is 0 Å². The minimum Gasteiger partial charge on any atom is -0.504 e. The molecule has 4 N–H and O–H groups in total. The lowest BCUT2D eigenvalue weighted by molar-refractivity contribution is 0.403. The van der Waals surface area contributed by atoms with Gasteiger partial charge in [0.15, 0.2) is 11.5 Å². The molecule has 5 heteroatoms. The van der Waals surface area contributed by atoms with Crippen molar-refractivity contribution in [2.45, 2.75) is 19.4 Å². The molecule has 0 saturated heterocycles. The highest BCUT2D eigenvalue weighted by Crippen LogP contribution is 2.30. The van der Waals surface area contributed by atoms with Gasteiger partial charge in [0.2, 0.25) is 0 Å². The summed E-state index contributed by atoms with van der Waals surface area (Å²) in [6.07, 6.45) is 0.562. The molecule has 0 fully saturated rings. The van der Waals surface area contributed by atoms with E-state index in [4.69, 9.17) is 5.73 Å². The minimum absolute atomic E-state index is 0.122. The van der Waals surface area contributed by atoms with Gasteiger partial charge >= 0.3 is 0 Å². The molecule has 2 aromatic carbocycles. The summed E-state index contributed by atoms with van der Waals surface area (Å²) in [6.45, 7) is 2.04. The Morgan fingerprint density at radius 1 is 1.14 bits per heavy atom. The smallest absolute Gasteiger partial charge is 0.157 e. The number of thiazole rings is 1. The lowest BCUT2D eigenvalue weighted by atomic mass is 10.1. The van der Waals surface area contributed by atoms with Crippen molar-refractivity contribution in [2.24, 2.45) is 5.73 Å². The first-order valence-electron chi connectivity index (χ1n) is 6.66. The second-order valence-corrected chi connectivity index (χ2v) is 6.22. The molecule has 0 amide bonds. The molecule has 0 aliphatic rings. The summed E-state index contributed by atoms with van der Waals surface area (Å²) in [6, 6.07) is 10.7. The van der Waals surface area contributed by atoms with E-state index in [2.05, 4.69) is 23.2 Å². The molecule has 0 radical (unpaired) electrons. The fourth-order valence-corrected chi connectivity index (χ4v) is 3.20. The second kappa shape index (κ2) is 5.35. The van der Waals surface area contributed by atoms with Crippen molar-refractivity contribution in [2.75, 3.05) is 0 Å². The number of phenols is 2. The molecular weight excluding hydrogens is 284 g/mol. The molecule has 1 atom stereocenters. The van der Waals surface area contributed by atoms with Gasteiger partial charge in [-0.25, -0.2) is 4.98 Å². The van der Waals surface area contributed by atoms with Gasteiger partial charge in [0.25, 0.3) is 0 Å². The molecule has 0 bridgehead atoms. The van der Waals surface area contributed by atoms with Gasteiger partial charge in [0, 0.05) is 0 Å². The van der Waals surface area contributed by atoms with Crippen molar-refractivity contribution in [3.63, 3.8) is 0 Å². The van der Waals surface area contributed by atoms with Crippen LogP contribution in [0.5, 0.6) is 11.5 Å². The highest BCUT2D eigenvalue weighted by molar-refractivity contribution is 7.18. The first-order valence-corrected chi connectivity index (χ1v) is 7.48. The fraction of sp³-hybridized carbons (Fsp3) is 0.188. The molecule has 1 unspecified atom stereocenters. The zero-order valence-corrected chi connectivity index (χ0v) is 12.4. The Balaban J connectivity index is 1.85. The largest absolute Gasteiger partial charge is 0.504 e. The van der Waals surface area contributed by atoms with Gasteiger partial charge in [-0.15, -0.1) is 11.3 Å². The highest BCUT2D eigenvalue weighted by atomic mass is 32.1. The Labute approximate surface area is 126 Å². The van der Waals surface area contributed by atoms with E-state index in [1.165, 1.54) is 17.7 Å². The first kappa shape index (κ1) is 13.9. The van der Waals surface area contributed by atoms with Crippen LogP contribution < -0.4 is 5.73 Å². The number of aryl methyl sites for hydroxylation is 1. The van der Waals surface area contributed by atoms with Crippen LogP contribution in [0.1, 0.15) is 22.2 Å². The maximum Gasteiger partial charge on any atom is 0.157 e. The number of aromatic nitrogens is 1. The van der Waals surface area contributed by atoms with E-state index in [1.54, 1.807) is 17.4 Å². The number of hydrogen-bond donors (Lipinski definition) is 3. The normalized spacial score (nSPS) is 12.7. The summed E-state index contributed by atoms with van der Waals surface area (Å²) in [5, 5.41) is 19.7. The second-order valence-electron chi connectivity index (χ2n) is 5.16. The Hall–Kier alpha value is -2.11. The van der Waals surface area contributed by atoms with Crippen LogP contribution in [0.2, 0.25) is 0 Å². The molecule has 1 heterocycles. The molecule has 21 heavy (non-hydrogen) atoms. The van der Waals surface area contributed by atoms with E-state index in [0.29, 0.717) is 6.42 Å². The van der Waals surface area contributed by atoms with Crippen LogP contribution in [-0.2, 0) is 6.42 Å². The van der Waals surface area contributed by atoms with Crippen molar-refractivity contribution < 1.29 is 10.2 Å². The van der Waals surface area contributed by atoms with Gasteiger partial charge < -0.3 is 15.9 Å². The van der Waals surface area contributed by atoms with Crippen LogP contribution in [-0.4, -0.2) is 15.2 Å². The average molecular weight is 300 g/mol. The molecule has 0 saturated carbocycles. The van der Waals surface area contributed by atoms with Crippen molar-refractivity contribution in [3.05, 3.63) is 52.5 Å². The predicted molar refractivity (Wildman–Crippen MR) is 84.8 cm³/mol. The van der Waals surface area contributed by atoms with E-state index in [-0.39, 0.29) is 17.5 Å². The van der Waals surface area contributed by atoms with Gasteiger partial charge in [-0.2, -0.15) is 0 Å². The quantitative estimate of drug-likeness (QED) is 0.649. The van der Waals surface area contributed by atoms with Crippen molar-refractivity contribution in [3.8, 4) is 11.5 Å². The van der Waals surface area contributed by atoms with Gasteiger partial charge in [-0.3, -0.25) is 0 Å². The Kier molecular flexibility index (Phi) is 3.53. The van der Waals surface area contributed by atoms with Crippen LogP contribution in [0.25, 0.3) is 10.2 Å². The molecule has 0 aliphatic carbocycles. The highest BCUT2D eigenvalue weighted by Gasteiger charge is 2.13. The van der Waals surface area contributed by atoms with E-state index in [9.17, 15) is 10.2 Å². The molecule has 108 valence electrons. The van der Waals surface area contributed by atoms with Crippen LogP contribution in [0.3, 0.4) is 0 Å². The third-order valence-electron chi connectivity index (χ3n) is 3.37. The zero-order chi connectivity index (χ0) is 15.0. The number of nitrogens with zero attached hydrogens (tertiary/aromatic N) is 1. The number of aromatic hydroxyl groups is 2. The number of fused-ring (bicyclic) bond motifs is 1. The Morgan fingerprint density at radius 3 is 2.71 bits per heavy atom. The van der Waals surface area contributed by atoms with Gasteiger partial charge in [0.1, 0.15) is 5.01 Å². The number of rotatable bonds is 3. The third-order valence-corrected chi connectivity index (χ3v) is 4.54. The van der Waals surface area contributed by atoms with Crippen molar-refractivity contribution in [1.82, 2.24) is 4.98 Å². The SMILES string of the molecule is Cc1ccc2sc(C(N)Cc3ccc(O)c(O)c3)nc2c1. The monoisotopic (exact) mass is 300 g/mol. The maximum absolute atomic E-state index is 9.52. The number of hydrogen-bond acceptors (Lipinski definition) is 5. The fourth-order valence-electron chi connectivity index (χ4n) is 2.25. The molecular formula is C16H16N2O2S. The molecule has 0 aliphatic heterocycles. The zero-order valence-electron chi connectivity index (χ0n) is 11.6. The first-order chi connectivity index (χ1) is 10.0. The molecule has 0 spiro atoms. The summed E-state index contributed by atoms with van der Waals surface area (Å²) in [4.78, 5) is 4.59. The van der Waals surface area contributed by atoms with Crippen LogP contribution in [0.4, 0.5) is 0 Å².